The van der Waals surface area contributed by atoms with Crippen LogP contribution in [-0.4, -0.2) is 20.8 Å². The summed E-state index contributed by atoms with van der Waals surface area (Å²) >= 11 is 0. The van der Waals surface area contributed by atoms with Gasteiger partial charge in [-0.25, -0.2) is 0 Å². The van der Waals surface area contributed by atoms with E-state index >= 15 is 0 Å². The van der Waals surface area contributed by atoms with Gasteiger partial charge in [-0.1, -0.05) is 42.5 Å². The Balaban J connectivity index is 2.28. The molecule has 0 bridgehead atoms. The first-order valence-corrected chi connectivity index (χ1v) is 6.75. The summed E-state index contributed by atoms with van der Waals surface area (Å²) in [6, 6.07) is 16.3. The molecular formula is C17H21NO2. The van der Waals surface area contributed by atoms with E-state index in [1.54, 1.807) is 14.2 Å². The average Bonchev–Trinajstić information content (AvgIpc) is 2.52. The monoisotopic (exact) mass is 271 g/mol. The van der Waals surface area contributed by atoms with Crippen LogP contribution in [0.25, 0.3) is 0 Å². The van der Waals surface area contributed by atoms with Crippen LogP contribution in [0.1, 0.15) is 17.0 Å². The molecule has 0 aliphatic rings. The van der Waals surface area contributed by atoms with Crippen molar-refractivity contribution in [2.24, 2.45) is 5.73 Å². The number of nitrogens with two attached hydrogens (primary N) is 1. The van der Waals surface area contributed by atoms with E-state index < -0.39 is 0 Å². The molecule has 0 aliphatic carbocycles. The maximum atomic E-state index is 5.94. The Kier molecular flexibility index (Phi) is 5.02. The summed E-state index contributed by atoms with van der Waals surface area (Å²) in [5, 5.41) is 0. The quantitative estimate of drug-likeness (QED) is 0.878. The molecule has 0 saturated heterocycles. The highest BCUT2D eigenvalue weighted by molar-refractivity contribution is 5.47. The third kappa shape index (κ3) is 3.11. The highest BCUT2D eigenvalue weighted by atomic mass is 16.5. The van der Waals surface area contributed by atoms with Gasteiger partial charge in [0.15, 0.2) is 11.5 Å². The summed E-state index contributed by atoms with van der Waals surface area (Å²) in [6.07, 6.45) is 0.834. The average molecular weight is 271 g/mol. The van der Waals surface area contributed by atoms with E-state index in [0.29, 0.717) is 6.54 Å². The topological polar surface area (TPSA) is 44.5 Å². The molecule has 0 aromatic heterocycles. The fourth-order valence-corrected chi connectivity index (χ4v) is 2.44. The van der Waals surface area contributed by atoms with E-state index in [1.807, 2.05) is 30.3 Å². The van der Waals surface area contributed by atoms with Crippen molar-refractivity contribution in [2.45, 2.75) is 12.3 Å². The fraction of sp³-hybridized carbons (Fsp3) is 0.294. The van der Waals surface area contributed by atoms with Gasteiger partial charge in [0.05, 0.1) is 14.2 Å². The molecule has 20 heavy (non-hydrogen) atoms. The first-order valence-electron chi connectivity index (χ1n) is 6.75. The number of rotatable bonds is 6. The summed E-state index contributed by atoms with van der Waals surface area (Å²) in [5.41, 5.74) is 8.31. The second-order valence-electron chi connectivity index (χ2n) is 4.70. The van der Waals surface area contributed by atoms with Crippen LogP contribution in [0, 0.1) is 0 Å². The highest BCUT2D eigenvalue weighted by Crippen LogP contribution is 2.33. The Labute approximate surface area is 120 Å². The number of methoxy groups -OCH3 is 2. The van der Waals surface area contributed by atoms with Crippen LogP contribution in [0.4, 0.5) is 0 Å². The summed E-state index contributed by atoms with van der Waals surface area (Å²) in [6.45, 7) is 0.602. The van der Waals surface area contributed by atoms with Gasteiger partial charge in [0.1, 0.15) is 0 Å². The Morgan fingerprint density at radius 1 is 0.950 bits per heavy atom. The molecule has 0 aliphatic heterocycles. The summed E-state index contributed by atoms with van der Waals surface area (Å²) < 4.78 is 10.8. The zero-order valence-electron chi connectivity index (χ0n) is 12.0. The molecule has 1 atom stereocenters. The van der Waals surface area contributed by atoms with Gasteiger partial charge in [-0.15, -0.1) is 0 Å². The smallest absolute Gasteiger partial charge is 0.163 e. The van der Waals surface area contributed by atoms with Gasteiger partial charge < -0.3 is 15.2 Å². The molecule has 0 fully saturated rings. The summed E-state index contributed by atoms with van der Waals surface area (Å²) in [5.74, 6) is 1.83. The van der Waals surface area contributed by atoms with E-state index in [0.717, 1.165) is 23.5 Å². The van der Waals surface area contributed by atoms with Crippen molar-refractivity contribution in [1.82, 2.24) is 0 Å². The number of ether oxygens (including phenoxy) is 2. The molecule has 0 amide bonds. The predicted octanol–water partition coefficient (Wildman–Crippen LogP) is 2.99. The largest absolute Gasteiger partial charge is 0.493 e. The van der Waals surface area contributed by atoms with Gasteiger partial charge in [0, 0.05) is 5.92 Å². The van der Waals surface area contributed by atoms with Crippen molar-refractivity contribution in [1.29, 1.82) is 0 Å². The van der Waals surface area contributed by atoms with E-state index in [9.17, 15) is 0 Å². The molecule has 3 heteroatoms. The molecule has 2 aromatic carbocycles. The van der Waals surface area contributed by atoms with Crippen molar-refractivity contribution in [3.05, 3.63) is 59.7 Å². The number of hydrogen-bond donors (Lipinski definition) is 1. The van der Waals surface area contributed by atoms with Crippen LogP contribution in [-0.2, 0) is 6.42 Å². The molecule has 0 heterocycles. The third-order valence-electron chi connectivity index (χ3n) is 3.51. The zero-order chi connectivity index (χ0) is 14.4. The SMILES string of the molecule is COc1cccc(CC(CN)c2ccccc2)c1OC. The standard InChI is InChI=1S/C17H21NO2/c1-19-16-10-6-9-14(17(16)20-2)11-15(12-18)13-7-4-3-5-8-13/h3-10,15H,11-12,18H2,1-2H3. The molecule has 0 radical (unpaired) electrons. The lowest BCUT2D eigenvalue weighted by molar-refractivity contribution is 0.351. The Bertz CT molecular complexity index is 540. The fourth-order valence-electron chi connectivity index (χ4n) is 2.44. The molecule has 3 nitrogen and oxygen atoms in total. The van der Waals surface area contributed by atoms with Gasteiger partial charge >= 0.3 is 0 Å². The zero-order valence-corrected chi connectivity index (χ0v) is 12.0. The minimum Gasteiger partial charge on any atom is -0.493 e. The maximum Gasteiger partial charge on any atom is 0.163 e. The van der Waals surface area contributed by atoms with Gasteiger partial charge in [-0.2, -0.15) is 0 Å². The summed E-state index contributed by atoms with van der Waals surface area (Å²) in [4.78, 5) is 0. The second kappa shape index (κ2) is 6.96. The first-order chi connectivity index (χ1) is 9.80. The van der Waals surface area contributed by atoms with Gasteiger partial charge in [-0.3, -0.25) is 0 Å². The number of hydrogen-bond acceptors (Lipinski definition) is 3. The van der Waals surface area contributed by atoms with Crippen molar-refractivity contribution >= 4 is 0 Å². The van der Waals surface area contributed by atoms with Crippen molar-refractivity contribution in [3.8, 4) is 11.5 Å². The molecule has 2 rings (SSSR count). The third-order valence-corrected chi connectivity index (χ3v) is 3.51. The molecular weight excluding hydrogens is 250 g/mol. The van der Waals surface area contributed by atoms with Crippen LogP contribution in [0.5, 0.6) is 11.5 Å². The lowest BCUT2D eigenvalue weighted by atomic mass is 9.91. The van der Waals surface area contributed by atoms with Crippen LogP contribution < -0.4 is 15.2 Å². The van der Waals surface area contributed by atoms with Crippen molar-refractivity contribution in [2.75, 3.05) is 20.8 Å². The minimum absolute atomic E-state index is 0.275. The number of para-hydroxylation sites is 1. The lowest BCUT2D eigenvalue weighted by Gasteiger charge is -2.18. The molecule has 106 valence electrons. The van der Waals surface area contributed by atoms with E-state index in [1.165, 1.54) is 5.56 Å². The molecule has 2 aromatic rings. The van der Waals surface area contributed by atoms with E-state index in [2.05, 4.69) is 18.2 Å². The van der Waals surface area contributed by atoms with Crippen LogP contribution in [0.15, 0.2) is 48.5 Å². The van der Waals surface area contributed by atoms with E-state index in [4.69, 9.17) is 15.2 Å². The van der Waals surface area contributed by atoms with Gasteiger partial charge in [0.25, 0.3) is 0 Å². The highest BCUT2D eigenvalue weighted by Gasteiger charge is 2.15. The van der Waals surface area contributed by atoms with Gasteiger partial charge in [-0.05, 0) is 30.2 Å². The molecule has 0 spiro atoms. The molecule has 1 unspecified atom stereocenters. The first kappa shape index (κ1) is 14.4. The lowest BCUT2D eigenvalue weighted by Crippen LogP contribution is -2.15. The number of benzene rings is 2. The molecule has 2 N–H and O–H groups in total. The van der Waals surface area contributed by atoms with Gasteiger partial charge in [0.2, 0.25) is 0 Å². The minimum atomic E-state index is 0.275. The van der Waals surface area contributed by atoms with Crippen molar-refractivity contribution in [3.63, 3.8) is 0 Å². The second-order valence-corrected chi connectivity index (χ2v) is 4.70. The maximum absolute atomic E-state index is 5.94. The van der Waals surface area contributed by atoms with Crippen molar-refractivity contribution < 1.29 is 9.47 Å². The van der Waals surface area contributed by atoms with E-state index in [-0.39, 0.29) is 5.92 Å². The molecule has 0 saturated carbocycles. The van der Waals surface area contributed by atoms with Crippen LogP contribution in [0.2, 0.25) is 0 Å². The summed E-state index contributed by atoms with van der Waals surface area (Å²) in [7, 11) is 3.32. The Morgan fingerprint density at radius 2 is 1.70 bits per heavy atom. The predicted molar refractivity (Wildman–Crippen MR) is 81.5 cm³/mol. The normalized spacial score (nSPS) is 11.9. The Hall–Kier alpha value is -2.00. The van der Waals surface area contributed by atoms with Crippen LogP contribution in [0.3, 0.4) is 0 Å². The van der Waals surface area contributed by atoms with Crippen LogP contribution >= 0.6 is 0 Å². The Morgan fingerprint density at radius 3 is 2.30 bits per heavy atom.